The van der Waals surface area contributed by atoms with E-state index in [1.807, 2.05) is 0 Å². The van der Waals surface area contributed by atoms with E-state index in [4.69, 9.17) is 0 Å². The van der Waals surface area contributed by atoms with Gasteiger partial charge in [-0.05, 0) is 12.3 Å². The molecular formula is C6H13N. The molecule has 0 bridgehead atoms. The third-order valence-electron chi connectivity index (χ3n) is 2.04. The third kappa shape index (κ3) is 0.653. The fourth-order valence-corrected chi connectivity index (χ4v) is 0.714. The number of hydrogen-bond acceptors (Lipinski definition) is 1. The Morgan fingerprint density at radius 2 is 2.00 bits per heavy atom. The van der Waals surface area contributed by atoms with E-state index >= 15 is 0 Å². The minimum atomic E-state index is 0.569. The van der Waals surface area contributed by atoms with Gasteiger partial charge in [-0.3, -0.25) is 0 Å². The molecule has 0 spiro atoms. The van der Waals surface area contributed by atoms with E-state index in [9.17, 15) is 0 Å². The largest absolute Gasteiger partial charge is 0.313 e. The van der Waals surface area contributed by atoms with Crippen LogP contribution < -0.4 is 5.32 Å². The first-order valence-corrected chi connectivity index (χ1v) is 2.86. The fraction of sp³-hybridized carbons (Fsp3) is 1.00. The molecule has 42 valence electrons. The second-order valence-electron chi connectivity index (χ2n) is 3.09. The van der Waals surface area contributed by atoms with E-state index in [0.29, 0.717) is 5.41 Å². The van der Waals surface area contributed by atoms with E-state index in [1.54, 1.807) is 0 Å². The SMILES string of the molecule is C[C@@H]1NCC1(C)C. The van der Waals surface area contributed by atoms with Gasteiger partial charge in [0, 0.05) is 12.6 Å². The summed E-state index contributed by atoms with van der Waals surface area (Å²) in [5.74, 6) is 0. The van der Waals surface area contributed by atoms with Gasteiger partial charge < -0.3 is 5.32 Å². The average molecular weight is 99.2 g/mol. The van der Waals surface area contributed by atoms with Crippen LogP contribution in [0.15, 0.2) is 0 Å². The number of nitrogens with one attached hydrogen (secondary N) is 1. The second kappa shape index (κ2) is 1.22. The van der Waals surface area contributed by atoms with Crippen LogP contribution in [0.5, 0.6) is 0 Å². The lowest BCUT2D eigenvalue weighted by atomic mass is 9.78. The normalized spacial score (nSPS) is 37.3. The number of rotatable bonds is 0. The smallest absolute Gasteiger partial charge is 0.0102 e. The van der Waals surface area contributed by atoms with E-state index in [0.717, 1.165) is 6.04 Å². The summed E-state index contributed by atoms with van der Waals surface area (Å²) in [6.45, 7) is 7.99. The Morgan fingerprint density at radius 1 is 1.57 bits per heavy atom. The minimum absolute atomic E-state index is 0.569. The van der Waals surface area contributed by atoms with Crippen LogP contribution in [0.2, 0.25) is 0 Å². The molecule has 1 aliphatic rings. The van der Waals surface area contributed by atoms with Crippen LogP contribution in [0.4, 0.5) is 0 Å². The van der Waals surface area contributed by atoms with Crippen LogP contribution in [0.1, 0.15) is 20.8 Å². The summed E-state index contributed by atoms with van der Waals surface area (Å²) in [6, 6.07) is 0.729. The molecule has 1 heteroatoms. The Bertz CT molecular complexity index is 76.2. The van der Waals surface area contributed by atoms with Gasteiger partial charge in [-0.25, -0.2) is 0 Å². The molecule has 1 fully saturated rings. The Labute approximate surface area is 45.1 Å². The summed E-state index contributed by atoms with van der Waals surface area (Å²) < 4.78 is 0. The molecule has 7 heavy (non-hydrogen) atoms. The molecule has 0 radical (unpaired) electrons. The average Bonchev–Trinajstić information content (AvgIpc) is 1.63. The Balaban J connectivity index is 2.43. The molecule has 1 saturated heterocycles. The maximum absolute atomic E-state index is 3.30. The van der Waals surface area contributed by atoms with E-state index in [2.05, 4.69) is 26.1 Å². The maximum atomic E-state index is 3.30. The molecule has 0 aromatic heterocycles. The highest BCUT2D eigenvalue weighted by molar-refractivity contribution is 4.91. The molecule has 0 aliphatic carbocycles. The van der Waals surface area contributed by atoms with Crippen LogP contribution >= 0.6 is 0 Å². The topological polar surface area (TPSA) is 12.0 Å². The summed E-state index contributed by atoms with van der Waals surface area (Å²) in [5, 5.41) is 3.30. The first-order valence-electron chi connectivity index (χ1n) is 2.86. The Hall–Kier alpha value is -0.0400. The van der Waals surface area contributed by atoms with Gasteiger partial charge in [0.15, 0.2) is 0 Å². The predicted molar refractivity (Wildman–Crippen MR) is 31.2 cm³/mol. The van der Waals surface area contributed by atoms with Crippen LogP contribution in [0.25, 0.3) is 0 Å². The van der Waals surface area contributed by atoms with Gasteiger partial charge in [-0.1, -0.05) is 13.8 Å². The molecule has 0 aromatic carbocycles. The maximum Gasteiger partial charge on any atom is 0.0102 e. The van der Waals surface area contributed by atoms with Gasteiger partial charge in [-0.15, -0.1) is 0 Å². The zero-order valence-corrected chi connectivity index (χ0v) is 5.28. The second-order valence-corrected chi connectivity index (χ2v) is 3.09. The molecule has 1 atom stereocenters. The molecule has 1 nitrogen and oxygen atoms in total. The molecule has 1 N–H and O–H groups in total. The molecular weight excluding hydrogens is 86.1 g/mol. The highest BCUT2D eigenvalue weighted by Gasteiger charge is 2.33. The van der Waals surface area contributed by atoms with Crippen molar-refractivity contribution in [3.05, 3.63) is 0 Å². The van der Waals surface area contributed by atoms with Crippen molar-refractivity contribution in [1.82, 2.24) is 5.32 Å². The molecule has 1 heterocycles. The molecule has 0 amide bonds. The quantitative estimate of drug-likeness (QED) is 0.478. The van der Waals surface area contributed by atoms with E-state index < -0.39 is 0 Å². The number of hydrogen-bond donors (Lipinski definition) is 1. The lowest BCUT2D eigenvalue weighted by Gasteiger charge is -2.43. The van der Waals surface area contributed by atoms with Crippen molar-refractivity contribution < 1.29 is 0 Å². The van der Waals surface area contributed by atoms with E-state index in [-0.39, 0.29) is 0 Å². The summed E-state index contributed by atoms with van der Waals surface area (Å²) in [6.07, 6.45) is 0. The van der Waals surface area contributed by atoms with Gasteiger partial charge in [0.05, 0.1) is 0 Å². The molecule has 0 saturated carbocycles. The molecule has 0 unspecified atom stereocenters. The van der Waals surface area contributed by atoms with Crippen molar-refractivity contribution in [1.29, 1.82) is 0 Å². The lowest BCUT2D eigenvalue weighted by molar-refractivity contribution is 0.143. The summed E-state index contributed by atoms with van der Waals surface area (Å²) in [5.41, 5.74) is 0.569. The van der Waals surface area contributed by atoms with Gasteiger partial charge in [-0.2, -0.15) is 0 Å². The third-order valence-corrected chi connectivity index (χ3v) is 2.04. The van der Waals surface area contributed by atoms with Crippen LogP contribution in [0.3, 0.4) is 0 Å². The van der Waals surface area contributed by atoms with Gasteiger partial charge in [0.25, 0.3) is 0 Å². The van der Waals surface area contributed by atoms with Crippen molar-refractivity contribution in [2.24, 2.45) is 5.41 Å². The summed E-state index contributed by atoms with van der Waals surface area (Å²) in [7, 11) is 0. The first kappa shape index (κ1) is 5.10. The van der Waals surface area contributed by atoms with Gasteiger partial charge >= 0.3 is 0 Å². The van der Waals surface area contributed by atoms with Crippen LogP contribution in [0, 0.1) is 5.41 Å². The fourth-order valence-electron chi connectivity index (χ4n) is 0.714. The van der Waals surface area contributed by atoms with Crippen molar-refractivity contribution in [3.63, 3.8) is 0 Å². The Kier molecular flexibility index (Phi) is 0.890. The lowest BCUT2D eigenvalue weighted by Crippen LogP contribution is -2.57. The minimum Gasteiger partial charge on any atom is -0.313 e. The first-order chi connectivity index (χ1) is 3.13. The zero-order valence-electron chi connectivity index (χ0n) is 5.28. The van der Waals surface area contributed by atoms with Crippen LogP contribution in [-0.2, 0) is 0 Å². The Morgan fingerprint density at radius 3 is 2.00 bits per heavy atom. The summed E-state index contributed by atoms with van der Waals surface area (Å²) >= 11 is 0. The predicted octanol–water partition coefficient (Wildman–Crippen LogP) is 1.00. The van der Waals surface area contributed by atoms with Crippen molar-refractivity contribution in [2.45, 2.75) is 26.8 Å². The van der Waals surface area contributed by atoms with Crippen LogP contribution in [-0.4, -0.2) is 12.6 Å². The summed E-state index contributed by atoms with van der Waals surface area (Å²) in [4.78, 5) is 0. The monoisotopic (exact) mass is 99.1 g/mol. The van der Waals surface area contributed by atoms with Crippen molar-refractivity contribution >= 4 is 0 Å². The highest BCUT2D eigenvalue weighted by Crippen LogP contribution is 2.26. The molecule has 1 rings (SSSR count). The standard InChI is InChI=1S/C6H13N/c1-5-6(2,3)4-7-5/h5,7H,4H2,1-3H3/t5-/m0/s1. The molecule has 0 aromatic rings. The van der Waals surface area contributed by atoms with Gasteiger partial charge in [0.2, 0.25) is 0 Å². The van der Waals surface area contributed by atoms with Crippen molar-refractivity contribution in [2.75, 3.05) is 6.54 Å². The van der Waals surface area contributed by atoms with Crippen molar-refractivity contribution in [3.8, 4) is 0 Å². The zero-order chi connectivity index (χ0) is 5.49. The molecule has 1 aliphatic heterocycles. The van der Waals surface area contributed by atoms with E-state index in [1.165, 1.54) is 6.54 Å². The highest BCUT2D eigenvalue weighted by atomic mass is 15.0. The van der Waals surface area contributed by atoms with Gasteiger partial charge in [0.1, 0.15) is 0 Å².